The van der Waals surface area contributed by atoms with Gasteiger partial charge in [0.25, 0.3) is 0 Å². The fourth-order valence-electron chi connectivity index (χ4n) is 3.68. The predicted molar refractivity (Wildman–Crippen MR) is 118 cm³/mol. The van der Waals surface area contributed by atoms with Gasteiger partial charge in [-0.3, -0.25) is 0 Å². The van der Waals surface area contributed by atoms with Gasteiger partial charge in [0.1, 0.15) is 12.7 Å². The van der Waals surface area contributed by atoms with Crippen LogP contribution in [0.5, 0.6) is 0 Å². The quantitative estimate of drug-likeness (QED) is 0.334. The van der Waals surface area contributed by atoms with E-state index in [1.807, 2.05) is 62.4 Å². The zero-order valence-corrected chi connectivity index (χ0v) is 19.1. The molecule has 4 atom stereocenters. The van der Waals surface area contributed by atoms with Gasteiger partial charge < -0.3 is 23.7 Å². The molecule has 4 rings (SSSR count). The number of carbonyl (C=O) groups is 1. The summed E-state index contributed by atoms with van der Waals surface area (Å²) in [6, 6.07) is 18.8. The van der Waals surface area contributed by atoms with Crippen LogP contribution in [0.1, 0.15) is 29.8 Å². The molecule has 0 aliphatic carbocycles. The normalized spacial score (nSPS) is 30.3. The van der Waals surface area contributed by atoms with Gasteiger partial charge in [0, 0.05) is 0 Å². The van der Waals surface area contributed by atoms with Crippen molar-refractivity contribution in [1.29, 1.82) is 0 Å². The Labute approximate surface area is 189 Å². The average Bonchev–Trinajstić information content (AvgIpc) is 3.07. The van der Waals surface area contributed by atoms with Crippen molar-refractivity contribution in [1.82, 2.24) is 0 Å². The van der Waals surface area contributed by atoms with E-state index in [1.165, 1.54) is 0 Å². The van der Waals surface area contributed by atoms with Crippen LogP contribution in [-0.4, -0.2) is 46.9 Å². The highest BCUT2D eigenvalue weighted by atomic mass is 127. The van der Waals surface area contributed by atoms with Crippen molar-refractivity contribution in [3.63, 3.8) is 0 Å². The number of halogens is 1. The van der Waals surface area contributed by atoms with Crippen LogP contribution in [0.3, 0.4) is 0 Å². The summed E-state index contributed by atoms with van der Waals surface area (Å²) in [4.78, 5) is 12.8. The van der Waals surface area contributed by atoms with Gasteiger partial charge in [0.05, 0.1) is 22.7 Å². The lowest BCUT2D eigenvalue weighted by atomic mass is 9.98. The van der Waals surface area contributed by atoms with E-state index in [1.54, 1.807) is 12.1 Å². The lowest BCUT2D eigenvalue weighted by Crippen LogP contribution is -2.63. The molecule has 0 radical (unpaired) electrons. The van der Waals surface area contributed by atoms with Crippen LogP contribution in [0.15, 0.2) is 60.7 Å². The van der Waals surface area contributed by atoms with Gasteiger partial charge in [0.15, 0.2) is 11.9 Å². The predicted octanol–water partition coefficient (Wildman–Crippen LogP) is 4.11. The van der Waals surface area contributed by atoms with E-state index in [4.69, 9.17) is 23.7 Å². The SMILES string of the molecule is CC1(C)OC[C@]2(OC[C@H](I)[C@@H](OC(=O)c3ccccc3)[C@@H]2OCc2ccccc2)O1. The number of hydrogen-bond acceptors (Lipinski definition) is 6. The molecular formula is C23H25IO6. The van der Waals surface area contributed by atoms with Gasteiger partial charge in [0.2, 0.25) is 5.79 Å². The van der Waals surface area contributed by atoms with Gasteiger partial charge in [-0.25, -0.2) is 4.79 Å². The first kappa shape index (κ1) is 21.7. The standard InChI is InChI=1S/C23H25IO6/c1-22(2)28-15-23(30-22)20(26-13-16-9-5-3-6-10-16)19(18(24)14-27-23)29-21(25)17-11-7-4-8-12-17/h3-12,18-20H,13-15H2,1-2H3/t18-,19+,20-,23-/m0/s1. The summed E-state index contributed by atoms with van der Waals surface area (Å²) in [6.07, 6.45) is -1.21. The van der Waals surface area contributed by atoms with Crippen molar-refractivity contribution >= 4 is 28.6 Å². The van der Waals surface area contributed by atoms with Gasteiger partial charge in [-0.2, -0.15) is 0 Å². The third kappa shape index (κ3) is 4.70. The molecule has 2 fully saturated rings. The van der Waals surface area contributed by atoms with E-state index in [-0.39, 0.29) is 10.5 Å². The number of alkyl halides is 1. The molecule has 160 valence electrons. The zero-order valence-electron chi connectivity index (χ0n) is 17.0. The van der Waals surface area contributed by atoms with Gasteiger partial charge in [-0.15, -0.1) is 0 Å². The molecule has 0 aromatic heterocycles. The maximum Gasteiger partial charge on any atom is 0.338 e. The maximum absolute atomic E-state index is 12.8. The van der Waals surface area contributed by atoms with E-state index < -0.39 is 29.8 Å². The molecule has 1 spiro atoms. The topological polar surface area (TPSA) is 63.2 Å². The zero-order chi connectivity index (χ0) is 21.2. The molecule has 2 aliphatic rings. The van der Waals surface area contributed by atoms with Crippen LogP contribution in [0, 0.1) is 0 Å². The Morgan fingerprint density at radius 2 is 1.73 bits per heavy atom. The fourth-order valence-corrected chi connectivity index (χ4v) is 4.39. The van der Waals surface area contributed by atoms with E-state index in [2.05, 4.69) is 22.6 Å². The van der Waals surface area contributed by atoms with Crippen LogP contribution in [0.2, 0.25) is 0 Å². The third-order valence-corrected chi connectivity index (χ3v) is 6.21. The molecule has 6 nitrogen and oxygen atoms in total. The first-order valence-electron chi connectivity index (χ1n) is 9.92. The first-order chi connectivity index (χ1) is 14.4. The second kappa shape index (κ2) is 8.92. The third-order valence-electron chi connectivity index (χ3n) is 5.14. The molecular weight excluding hydrogens is 499 g/mol. The highest BCUT2D eigenvalue weighted by Crippen LogP contribution is 2.42. The minimum atomic E-state index is -1.14. The Bertz CT molecular complexity index is 859. The first-order valence-corrected chi connectivity index (χ1v) is 11.2. The smallest absolute Gasteiger partial charge is 0.338 e. The summed E-state index contributed by atoms with van der Waals surface area (Å²) in [5, 5.41) is 0. The second-order valence-corrected chi connectivity index (χ2v) is 9.48. The Morgan fingerprint density at radius 1 is 1.07 bits per heavy atom. The Morgan fingerprint density at radius 3 is 2.37 bits per heavy atom. The summed E-state index contributed by atoms with van der Waals surface area (Å²) in [5.74, 6) is -2.35. The lowest BCUT2D eigenvalue weighted by molar-refractivity contribution is -0.327. The number of hydrogen-bond donors (Lipinski definition) is 0. The van der Waals surface area contributed by atoms with Crippen LogP contribution in [-0.2, 0) is 30.3 Å². The molecule has 2 aromatic carbocycles. The van der Waals surface area contributed by atoms with Crippen molar-refractivity contribution in [2.45, 2.75) is 48.2 Å². The molecule has 0 N–H and O–H groups in total. The number of esters is 1. The number of benzene rings is 2. The fraction of sp³-hybridized carbons (Fsp3) is 0.435. The molecule has 2 saturated heterocycles. The molecule has 30 heavy (non-hydrogen) atoms. The molecule has 0 saturated carbocycles. The Balaban J connectivity index is 1.59. The van der Waals surface area contributed by atoms with Crippen LogP contribution < -0.4 is 0 Å². The minimum absolute atomic E-state index is 0.103. The number of rotatable bonds is 5. The average molecular weight is 524 g/mol. The highest BCUT2D eigenvalue weighted by Gasteiger charge is 2.60. The van der Waals surface area contributed by atoms with Crippen LogP contribution in [0.4, 0.5) is 0 Å². The minimum Gasteiger partial charge on any atom is -0.455 e. The molecule has 0 unspecified atom stereocenters. The largest absolute Gasteiger partial charge is 0.455 e. The summed E-state index contributed by atoms with van der Waals surface area (Å²) in [7, 11) is 0. The molecule has 2 aliphatic heterocycles. The van der Waals surface area contributed by atoms with E-state index >= 15 is 0 Å². The summed E-state index contributed by atoms with van der Waals surface area (Å²) < 4.78 is 30.3. The summed E-state index contributed by atoms with van der Waals surface area (Å²) in [6.45, 7) is 4.56. The molecule has 2 aromatic rings. The van der Waals surface area contributed by atoms with Crippen molar-refractivity contribution in [3.05, 3.63) is 71.8 Å². The lowest BCUT2D eigenvalue weighted by Gasteiger charge is -2.45. The summed E-state index contributed by atoms with van der Waals surface area (Å²) >= 11 is 2.24. The van der Waals surface area contributed by atoms with Crippen molar-refractivity contribution in [2.75, 3.05) is 13.2 Å². The molecule has 7 heteroatoms. The van der Waals surface area contributed by atoms with Gasteiger partial charge in [-0.1, -0.05) is 71.1 Å². The van der Waals surface area contributed by atoms with E-state index in [0.29, 0.717) is 18.8 Å². The molecule has 2 heterocycles. The maximum atomic E-state index is 12.8. The monoisotopic (exact) mass is 524 g/mol. The van der Waals surface area contributed by atoms with E-state index in [0.717, 1.165) is 5.56 Å². The van der Waals surface area contributed by atoms with E-state index in [9.17, 15) is 4.79 Å². The van der Waals surface area contributed by atoms with Gasteiger partial charge >= 0.3 is 5.97 Å². The molecule has 0 amide bonds. The van der Waals surface area contributed by atoms with Crippen LogP contribution in [0.25, 0.3) is 0 Å². The van der Waals surface area contributed by atoms with Crippen LogP contribution >= 0.6 is 22.6 Å². The van der Waals surface area contributed by atoms with Crippen molar-refractivity contribution < 1.29 is 28.5 Å². The number of ether oxygens (including phenoxy) is 5. The van der Waals surface area contributed by atoms with Crippen molar-refractivity contribution in [3.8, 4) is 0 Å². The Kier molecular flexibility index (Phi) is 6.45. The summed E-state index contributed by atoms with van der Waals surface area (Å²) in [5.41, 5.74) is 1.50. The van der Waals surface area contributed by atoms with Gasteiger partial charge in [-0.05, 0) is 31.5 Å². The van der Waals surface area contributed by atoms with Crippen molar-refractivity contribution in [2.24, 2.45) is 0 Å². The second-order valence-electron chi connectivity index (χ2n) is 7.88. The Hall–Kier alpha value is -1.52. The highest BCUT2D eigenvalue weighted by molar-refractivity contribution is 14.1. The molecule has 0 bridgehead atoms. The number of carbonyl (C=O) groups excluding carboxylic acids is 1.